The van der Waals surface area contributed by atoms with Crippen LogP contribution >= 0.6 is 23.1 Å². The number of hydrogen-bond donors (Lipinski definition) is 0. The molecule has 0 saturated heterocycles. The van der Waals surface area contributed by atoms with Gasteiger partial charge in [0, 0.05) is 34.0 Å². The van der Waals surface area contributed by atoms with E-state index in [2.05, 4.69) is 0 Å². The first-order valence-corrected chi connectivity index (χ1v) is 11.1. The lowest BCUT2D eigenvalue weighted by Gasteiger charge is -2.26. The number of nitrogens with zero attached hydrogens (tertiary/aromatic N) is 2. The molecule has 1 atom stereocenters. The summed E-state index contributed by atoms with van der Waals surface area (Å²) in [7, 11) is 1.62. The zero-order valence-corrected chi connectivity index (χ0v) is 18.3. The minimum atomic E-state index is -0.432. The standard InChI is InChI=1S/C22H22N2O4S2/c1-16(30-19-11-9-18(10-12-19)24(26)27)22(25)23(15-20-7-5-13-29-20)14-17-6-3-4-8-21(17)28-2/h3-13,16H,14-15H2,1-2H3. The lowest BCUT2D eigenvalue weighted by Crippen LogP contribution is -2.35. The number of ether oxygens (including phenoxy) is 1. The van der Waals surface area contributed by atoms with Gasteiger partial charge in [-0.05, 0) is 36.6 Å². The Bertz CT molecular complexity index is 991. The number of amides is 1. The van der Waals surface area contributed by atoms with Crippen molar-refractivity contribution in [3.8, 4) is 5.75 Å². The molecule has 0 bridgehead atoms. The summed E-state index contributed by atoms with van der Waals surface area (Å²) in [6.07, 6.45) is 0. The van der Waals surface area contributed by atoms with Gasteiger partial charge < -0.3 is 9.64 Å². The number of non-ortho nitro benzene ring substituents is 1. The molecule has 1 heterocycles. The van der Waals surface area contributed by atoms with Crippen LogP contribution in [0.25, 0.3) is 0 Å². The van der Waals surface area contributed by atoms with Gasteiger partial charge in [0.2, 0.25) is 5.91 Å². The van der Waals surface area contributed by atoms with Gasteiger partial charge in [0.15, 0.2) is 0 Å². The molecular formula is C22H22N2O4S2. The summed E-state index contributed by atoms with van der Waals surface area (Å²) in [5, 5.41) is 12.5. The lowest BCUT2D eigenvalue weighted by atomic mass is 10.1. The number of rotatable bonds is 9. The highest BCUT2D eigenvalue weighted by Crippen LogP contribution is 2.28. The Labute approximate surface area is 183 Å². The summed E-state index contributed by atoms with van der Waals surface area (Å²) in [5.74, 6) is 0.745. The van der Waals surface area contributed by atoms with Crippen molar-refractivity contribution in [2.24, 2.45) is 0 Å². The number of methoxy groups -OCH3 is 1. The molecule has 1 amide bonds. The number of nitro benzene ring substituents is 1. The molecule has 0 aliphatic heterocycles. The van der Waals surface area contributed by atoms with E-state index in [9.17, 15) is 14.9 Å². The monoisotopic (exact) mass is 442 g/mol. The molecule has 0 fully saturated rings. The third-order valence-corrected chi connectivity index (χ3v) is 6.46. The molecule has 30 heavy (non-hydrogen) atoms. The number of nitro groups is 1. The first-order valence-electron chi connectivity index (χ1n) is 9.32. The van der Waals surface area contributed by atoms with E-state index in [0.717, 1.165) is 21.1 Å². The largest absolute Gasteiger partial charge is 0.496 e. The van der Waals surface area contributed by atoms with E-state index in [4.69, 9.17) is 4.74 Å². The Kier molecular flexibility index (Phi) is 7.48. The third-order valence-electron chi connectivity index (χ3n) is 4.50. The predicted molar refractivity (Wildman–Crippen MR) is 120 cm³/mol. The molecule has 0 aliphatic rings. The number of hydrogen-bond acceptors (Lipinski definition) is 6. The first-order chi connectivity index (χ1) is 14.5. The van der Waals surface area contributed by atoms with Gasteiger partial charge >= 0.3 is 0 Å². The molecule has 1 unspecified atom stereocenters. The summed E-state index contributed by atoms with van der Waals surface area (Å²) in [6.45, 7) is 2.81. The Morgan fingerprint density at radius 3 is 2.50 bits per heavy atom. The van der Waals surface area contributed by atoms with Crippen LogP contribution in [0.2, 0.25) is 0 Å². The zero-order chi connectivity index (χ0) is 21.5. The van der Waals surface area contributed by atoms with Crippen molar-refractivity contribution in [3.63, 3.8) is 0 Å². The number of carbonyl (C=O) groups excluding carboxylic acids is 1. The second-order valence-electron chi connectivity index (χ2n) is 6.60. The van der Waals surface area contributed by atoms with E-state index in [0.29, 0.717) is 13.1 Å². The van der Waals surface area contributed by atoms with Crippen LogP contribution in [0.5, 0.6) is 5.75 Å². The molecule has 6 nitrogen and oxygen atoms in total. The molecule has 1 aromatic heterocycles. The van der Waals surface area contributed by atoms with Crippen LogP contribution in [0.15, 0.2) is 70.9 Å². The SMILES string of the molecule is COc1ccccc1CN(Cc1cccs1)C(=O)C(C)Sc1ccc([N+](=O)[O-])cc1. The van der Waals surface area contributed by atoms with Crippen LogP contribution < -0.4 is 4.74 Å². The van der Waals surface area contributed by atoms with Crippen molar-refractivity contribution in [2.45, 2.75) is 30.2 Å². The van der Waals surface area contributed by atoms with Crippen LogP contribution in [-0.4, -0.2) is 28.1 Å². The molecule has 0 N–H and O–H groups in total. The summed E-state index contributed by atoms with van der Waals surface area (Å²) in [6, 6.07) is 17.9. The van der Waals surface area contributed by atoms with E-state index in [1.807, 2.05) is 53.6 Å². The fraction of sp³-hybridized carbons (Fsp3) is 0.227. The second kappa shape index (κ2) is 10.3. The smallest absolute Gasteiger partial charge is 0.269 e. The van der Waals surface area contributed by atoms with Crippen molar-refractivity contribution < 1.29 is 14.5 Å². The molecule has 3 rings (SSSR count). The Balaban J connectivity index is 1.77. The molecule has 0 aliphatic carbocycles. The highest BCUT2D eigenvalue weighted by molar-refractivity contribution is 8.00. The van der Waals surface area contributed by atoms with Gasteiger partial charge in [-0.2, -0.15) is 0 Å². The number of carbonyl (C=O) groups is 1. The van der Waals surface area contributed by atoms with Crippen molar-refractivity contribution in [1.82, 2.24) is 4.90 Å². The Hall–Kier alpha value is -2.84. The molecule has 0 saturated carbocycles. The van der Waals surface area contributed by atoms with Crippen molar-refractivity contribution in [1.29, 1.82) is 0 Å². The van der Waals surface area contributed by atoms with Crippen molar-refractivity contribution in [3.05, 3.63) is 86.6 Å². The van der Waals surface area contributed by atoms with Crippen LogP contribution in [0.3, 0.4) is 0 Å². The summed E-state index contributed by atoms with van der Waals surface area (Å²) in [4.78, 5) is 27.5. The molecule has 2 aromatic carbocycles. The first kappa shape index (κ1) is 21.9. The fourth-order valence-corrected chi connectivity index (χ4v) is 4.67. The zero-order valence-electron chi connectivity index (χ0n) is 16.7. The molecule has 0 radical (unpaired) electrons. The number of benzene rings is 2. The average Bonchev–Trinajstić information content (AvgIpc) is 3.26. The molecule has 156 valence electrons. The lowest BCUT2D eigenvalue weighted by molar-refractivity contribution is -0.384. The van der Waals surface area contributed by atoms with Gasteiger partial charge in [-0.3, -0.25) is 14.9 Å². The van der Waals surface area contributed by atoms with Crippen LogP contribution in [0.1, 0.15) is 17.4 Å². The van der Waals surface area contributed by atoms with Crippen LogP contribution in [-0.2, 0) is 17.9 Å². The fourth-order valence-electron chi connectivity index (χ4n) is 3.00. The Morgan fingerprint density at radius 2 is 1.87 bits per heavy atom. The number of para-hydroxylation sites is 1. The maximum absolute atomic E-state index is 13.3. The van der Waals surface area contributed by atoms with Gasteiger partial charge in [-0.15, -0.1) is 23.1 Å². The number of thiophene rings is 1. The summed E-state index contributed by atoms with van der Waals surface area (Å²) < 4.78 is 5.45. The van der Waals surface area contributed by atoms with Crippen LogP contribution in [0.4, 0.5) is 5.69 Å². The van der Waals surface area contributed by atoms with Gasteiger partial charge in [0.05, 0.1) is 23.8 Å². The molecule has 8 heteroatoms. The van der Waals surface area contributed by atoms with E-state index >= 15 is 0 Å². The maximum Gasteiger partial charge on any atom is 0.269 e. The molecule has 3 aromatic rings. The van der Waals surface area contributed by atoms with E-state index < -0.39 is 4.92 Å². The van der Waals surface area contributed by atoms with E-state index in [1.54, 1.807) is 30.6 Å². The topological polar surface area (TPSA) is 72.7 Å². The van der Waals surface area contributed by atoms with Gasteiger partial charge in [-0.1, -0.05) is 24.3 Å². The van der Waals surface area contributed by atoms with E-state index in [1.165, 1.54) is 23.9 Å². The summed E-state index contributed by atoms with van der Waals surface area (Å²) in [5.41, 5.74) is 0.978. The third kappa shape index (κ3) is 5.61. The normalized spacial score (nSPS) is 11.7. The van der Waals surface area contributed by atoms with Crippen molar-refractivity contribution >= 4 is 34.7 Å². The summed E-state index contributed by atoms with van der Waals surface area (Å²) >= 11 is 3.01. The quantitative estimate of drug-likeness (QED) is 0.253. The minimum Gasteiger partial charge on any atom is -0.496 e. The van der Waals surface area contributed by atoms with Gasteiger partial charge in [0.1, 0.15) is 5.75 Å². The highest BCUT2D eigenvalue weighted by Gasteiger charge is 2.23. The average molecular weight is 443 g/mol. The second-order valence-corrected chi connectivity index (χ2v) is 9.04. The van der Waals surface area contributed by atoms with Gasteiger partial charge in [-0.25, -0.2) is 0 Å². The minimum absolute atomic E-state index is 0.00217. The molecule has 0 spiro atoms. The van der Waals surface area contributed by atoms with Crippen molar-refractivity contribution in [2.75, 3.05) is 7.11 Å². The highest BCUT2D eigenvalue weighted by atomic mass is 32.2. The van der Waals surface area contributed by atoms with Crippen LogP contribution in [0, 0.1) is 10.1 Å². The molecular weight excluding hydrogens is 420 g/mol. The predicted octanol–water partition coefficient (Wildman–Crippen LogP) is 5.37. The van der Waals surface area contributed by atoms with Gasteiger partial charge in [0.25, 0.3) is 5.69 Å². The Morgan fingerprint density at radius 1 is 1.13 bits per heavy atom. The van der Waals surface area contributed by atoms with E-state index in [-0.39, 0.29) is 16.8 Å². The maximum atomic E-state index is 13.3. The number of thioether (sulfide) groups is 1.